The lowest BCUT2D eigenvalue weighted by Crippen LogP contribution is -2.48. The molecule has 0 aliphatic carbocycles. The molecule has 1 aliphatic heterocycles. The average molecular weight is 288 g/mol. The van der Waals surface area contributed by atoms with Crippen molar-refractivity contribution in [2.24, 2.45) is 5.92 Å². The minimum Gasteiger partial charge on any atom is -0.481 e. The number of hydrogen-bond acceptors (Lipinski definition) is 4. The number of carbonyl (C=O) groups is 2. The Kier molecular flexibility index (Phi) is 7.32. The van der Waals surface area contributed by atoms with Gasteiger partial charge in [0.1, 0.15) is 5.92 Å². The number of aliphatic carboxylic acids is 1. The lowest BCUT2D eigenvalue weighted by Gasteiger charge is -2.26. The molecule has 0 aromatic heterocycles. The van der Waals surface area contributed by atoms with E-state index in [4.69, 9.17) is 14.6 Å². The summed E-state index contributed by atoms with van der Waals surface area (Å²) in [5.41, 5.74) is 0. The number of likely N-dealkylation sites (N-methyl/N-ethyl adjacent to an activating group) is 1. The van der Waals surface area contributed by atoms with Crippen LogP contribution in [0.5, 0.6) is 0 Å². The van der Waals surface area contributed by atoms with Gasteiger partial charge in [0.25, 0.3) is 0 Å². The Bertz CT molecular complexity index is 324. The van der Waals surface area contributed by atoms with E-state index in [1.165, 1.54) is 4.90 Å². The van der Waals surface area contributed by atoms with Gasteiger partial charge in [-0.3, -0.25) is 4.79 Å². The van der Waals surface area contributed by atoms with E-state index in [1.54, 1.807) is 7.05 Å². The van der Waals surface area contributed by atoms with Gasteiger partial charge < -0.3 is 24.8 Å². The molecule has 0 radical (unpaired) electrons. The standard InChI is InChI=1S/C13H24N2O5/c1-3-6-19-7-4-5-14-13(18)15(2)11-9-20-8-10(11)12(16)17/h10-11H,3-9H2,1-2H3,(H,14,18)(H,16,17). The number of rotatable bonds is 8. The highest BCUT2D eigenvalue weighted by Crippen LogP contribution is 2.18. The summed E-state index contributed by atoms with van der Waals surface area (Å²) in [5.74, 6) is -1.58. The van der Waals surface area contributed by atoms with Crippen molar-refractivity contribution in [3.63, 3.8) is 0 Å². The van der Waals surface area contributed by atoms with Gasteiger partial charge in [0.15, 0.2) is 0 Å². The molecule has 1 heterocycles. The van der Waals surface area contributed by atoms with Gasteiger partial charge in [0, 0.05) is 26.8 Å². The Labute approximate surface area is 119 Å². The highest BCUT2D eigenvalue weighted by atomic mass is 16.5. The van der Waals surface area contributed by atoms with Crippen LogP contribution in [0.3, 0.4) is 0 Å². The summed E-state index contributed by atoms with van der Waals surface area (Å²) in [6, 6.07) is -0.689. The predicted octanol–water partition coefficient (Wildman–Crippen LogP) is 0.544. The maximum atomic E-state index is 11.9. The van der Waals surface area contributed by atoms with Crippen molar-refractivity contribution in [1.29, 1.82) is 0 Å². The fraction of sp³-hybridized carbons (Fsp3) is 0.846. The van der Waals surface area contributed by atoms with Gasteiger partial charge in [-0.25, -0.2) is 4.79 Å². The van der Waals surface area contributed by atoms with Crippen molar-refractivity contribution < 1.29 is 24.2 Å². The summed E-state index contributed by atoms with van der Waals surface area (Å²) < 4.78 is 10.5. The zero-order valence-electron chi connectivity index (χ0n) is 12.1. The maximum Gasteiger partial charge on any atom is 0.317 e. The van der Waals surface area contributed by atoms with Crippen LogP contribution in [0.1, 0.15) is 19.8 Å². The lowest BCUT2D eigenvalue weighted by atomic mass is 10.0. The summed E-state index contributed by atoms with van der Waals surface area (Å²) in [6.45, 7) is 4.32. The van der Waals surface area contributed by atoms with Crippen LogP contribution in [-0.4, -0.2) is 68.1 Å². The molecule has 0 bridgehead atoms. The van der Waals surface area contributed by atoms with Gasteiger partial charge in [0.05, 0.1) is 19.3 Å². The van der Waals surface area contributed by atoms with Crippen molar-refractivity contribution >= 4 is 12.0 Å². The molecule has 20 heavy (non-hydrogen) atoms. The summed E-state index contributed by atoms with van der Waals surface area (Å²) in [6.07, 6.45) is 1.72. The van der Waals surface area contributed by atoms with Gasteiger partial charge in [0.2, 0.25) is 0 Å². The van der Waals surface area contributed by atoms with E-state index in [1.807, 2.05) is 6.92 Å². The maximum absolute atomic E-state index is 11.9. The number of nitrogens with one attached hydrogen (secondary N) is 1. The fourth-order valence-corrected chi connectivity index (χ4v) is 2.05. The van der Waals surface area contributed by atoms with E-state index in [2.05, 4.69) is 5.32 Å². The highest BCUT2D eigenvalue weighted by Gasteiger charge is 2.38. The largest absolute Gasteiger partial charge is 0.481 e. The van der Waals surface area contributed by atoms with Crippen molar-refractivity contribution in [3.8, 4) is 0 Å². The Balaban J connectivity index is 2.26. The summed E-state index contributed by atoms with van der Waals surface area (Å²) in [7, 11) is 1.60. The number of carboxylic acids is 1. The Morgan fingerprint density at radius 2 is 2.15 bits per heavy atom. The van der Waals surface area contributed by atoms with E-state index in [9.17, 15) is 9.59 Å². The van der Waals surface area contributed by atoms with Crippen molar-refractivity contribution in [2.75, 3.05) is 40.0 Å². The molecule has 2 atom stereocenters. The van der Waals surface area contributed by atoms with E-state index in [0.29, 0.717) is 13.2 Å². The van der Waals surface area contributed by atoms with Crippen LogP contribution < -0.4 is 5.32 Å². The second-order valence-electron chi connectivity index (χ2n) is 4.86. The summed E-state index contributed by atoms with van der Waals surface area (Å²) >= 11 is 0. The predicted molar refractivity (Wildman–Crippen MR) is 72.6 cm³/mol. The minimum absolute atomic E-state index is 0.155. The zero-order valence-corrected chi connectivity index (χ0v) is 12.1. The number of urea groups is 1. The molecule has 1 rings (SSSR count). The molecule has 7 nitrogen and oxygen atoms in total. The van der Waals surface area contributed by atoms with E-state index >= 15 is 0 Å². The smallest absolute Gasteiger partial charge is 0.317 e. The molecule has 1 aliphatic rings. The molecule has 0 aromatic rings. The molecule has 116 valence electrons. The molecule has 0 spiro atoms. The first-order chi connectivity index (χ1) is 9.57. The van der Waals surface area contributed by atoms with Gasteiger partial charge in [-0.1, -0.05) is 6.92 Å². The topological polar surface area (TPSA) is 88.1 Å². The molecule has 0 aromatic carbocycles. The molecule has 7 heteroatoms. The van der Waals surface area contributed by atoms with E-state index in [0.717, 1.165) is 19.4 Å². The van der Waals surface area contributed by atoms with Crippen LogP contribution in [0.25, 0.3) is 0 Å². The number of carbonyl (C=O) groups excluding carboxylic acids is 1. The third kappa shape index (κ3) is 4.97. The van der Waals surface area contributed by atoms with Crippen molar-refractivity contribution in [2.45, 2.75) is 25.8 Å². The number of carboxylic acid groups (broad SMARTS) is 1. The number of nitrogens with zero attached hydrogens (tertiary/aromatic N) is 1. The minimum atomic E-state index is -0.930. The summed E-state index contributed by atoms with van der Waals surface area (Å²) in [4.78, 5) is 24.4. The fourth-order valence-electron chi connectivity index (χ4n) is 2.05. The lowest BCUT2D eigenvalue weighted by molar-refractivity contribution is -0.142. The molecule has 2 N–H and O–H groups in total. The highest BCUT2D eigenvalue weighted by molar-refractivity contribution is 5.77. The van der Waals surface area contributed by atoms with Crippen LogP contribution >= 0.6 is 0 Å². The molecule has 2 unspecified atom stereocenters. The molecule has 2 amide bonds. The Morgan fingerprint density at radius 1 is 1.40 bits per heavy atom. The number of hydrogen-bond donors (Lipinski definition) is 2. The third-order valence-electron chi connectivity index (χ3n) is 3.28. The first-order valence-corrected chi connectivity index (χ1v) is 6.96. The quantitative estimate of drug-likeness (QED) is 0.637. The van der Waals surface area contributed by atoms with Gasteiger partial charge in [-0.05, 0) is 12.8 Å². The molecule has 1 saturated heterocycles. The first-order valence-electron chi connectivity index (χ1n) is 6.96. The van der Waals surface area contributed by atoms with Crippen molar-refractivity contribution in [3.05, 3.63) is 0 Å². The van der Waals surface area contributed by atoms with Crippen LogP contribution in [0.4, 0.5) is 4.79 Å². The van der Waals surface area contributed by atoms with Crippen molar-refractivity contribution in [1.82, 2.24) is 10.2 Å². The Hall–Kier alpha value is -1.34. The monoisotopic (exact) mass is 288 g/mol. The first kappa shape index (κ1) is 16.7. The summed E-state index contributed by atoms with van der Waals surface area (Å²) in [5, 5.41) is 11.8. The Morgan fingerprint density at radius 3 is 2.80 bits per heavy atom. The number of ether oxygens (including phenoxy) is 2. The van der Waals surface area contributed by atoms with Crippen LogP contribution in [-0.2, 0) is 14.3 Å². The van der Waals surface area contributed by atoms with Crippen LogP contribution in [0.2, 0.25) is 0 Å². The van der Waals surface area contributed by atoms with Gasteiger partial charge in [-0.2, -0.15) is 0 Å². The zero-order chi connectivity index (χ0) is 15.0. The van der Waals surface area contributed by atoms with Gasteiger partial charge in [-0.15, -0.1) is 0 Å². The van der Waals surface area contributed by atoms with E-state index < -0.39 is 17.9 Å². The molecule has 1 fully saturated rings. The number of amides is 2. The molecule has 0 saturated carbocycles. The van der Waals surface area contributed by atoms with Crippen LogP contribution in [0.15, 0.2) is 0 Å². The third-order valence-corrected chi connectivity index (χ3v) is 3.28. The second-order valence-corrected chi connectivity index (χ2v) is 4.86. The second kappa shape index (κ2) is 8.76. The normalized spacial score (nSPS) is 21.7. The SMILES string of the molecule is CCCOCCCNC(=O)N(C)C1COCC1C(=O)O. The molecular weight excluding hydrogens is 264 g/mol. The van der Waals surface area contributed by atoms with E-state index in [-0.39, 0.29) is 19.2 Å². The average Bonchev–Trinajstić information content (AvgIpc) is 2.91. The van der Waals surface area contributed by atoms with Crippen LogP contribution in [0, 0.1) is 5.92 Å². The van der Waals surface area contributed by atoms with Gasteiger partial charge >= 0.3 is 12.0 Å². The molecular formula is C13H24N2O5.